The minimum atomic E-state index is 0.175. The van der Waals surface area contributed by atoms with E-state index in [0.717, 1.165) is 31.5 Å². The van der Waals surface area contributed by atoms with Gasteiger partial charge in [-0.2, -0.15) is 0 Å². The number of pyridine rings is 1. The summed E-state index contributed by atoms with van der Waals surface area (Å²) in [7, 11) is 0. The Kier molecular flexibility index (Phi) is 3.25. The lowest BCUT2D eigenvalue weighted by Crippen LogP contribution is -2.18. The monoisotopic (exact) mass is 234 g/mol. The second kappa shape index (κ2) is 5.02. The number of hydrogen-bond donors (Lipinski definition) is 1. The van der Waals surface area contributed by atoms with Crippen molar-refractivity contribution in [2.24, 2.45) is 0 Å². The maximum atomic E-state index is 5.77. The first-order valence-corrected chi connectivity index (χ1v) is 6.33. The van der Waals surface area contributed by atoms with Gasteiger partial charge < -0.3 is 14.8 Å². The van der Waals surface area contributed by atoms with E-state index in [1.54, 1.807) is 0 Å². The maximum absolute atomic E-state index is 5.77. The summed E-state index contributed by atoms with van der Waals surface area (Å²) < 4.78 is 11.1. The normalized spacial score (nSPS) is 23.9. The highest BCUT2D eigenvalue weighted by atomic mass is 16.5. The molecule has 2 heterocycles. The number of nitrogens with zero attached hydrogens (tertiary/aromatic N) is 1. The molecule has 2 aliphatic rings. The molecule has 1 atom stereocenters. The highest BCUT2D eigenvalue weighted by molar-refractivity contribution is 5.20. The molecular weight excluding hydrogens is 216 g/mol. The van der Waals surface area contributed by atoms with Crippen LogP contribution >= 0.6 is 0 Å². The van der Waals surface area contributed by atoms with Crippen LogP contribution in [0.4, 0.5) is 0 Å². The van der Waals surface area contributed by atoms with E-state index in [0.29, 0.717) is 6.61 Å². The van der Waals surface area contributed by atoms with E-state index in [1.807, 2.05) is 18.3 Å². The van der Waals surface area contributed by atoms with E-state index in [1.165, 1.54) is 18.4 Å². The van der Waals surface area contributed by atoms with Gasteiger partial charge in [-0.15, -0.1) is 0 Å². The minimum absolute atomic E-state index is 0.175. The van der Waals surface area contributed by atoms with Crippen LogP contribution in [-0.2, 0) is 11.3 Å². The first kappa shape index (κ1) is 11.0. The average Bonchev–Trinajstić information content (AvgIpc) is 3.05. The zero-order chi connectivity index (χ0) is 11.5. The molecule has 92 valence electrons. The Morgan fingerprint density at radius 2 is 2.35 bits per heavy atom. The quantitative estimate of drug-likeness (QED) is 0.838. The van der Waals surface area contributed by atoms with Gasteiger partial charge in [-0.1, -0.05) is 0 Å². The summed E-state index contributed by atoms with van der Waals surface area (Å²) in [6.07, 6.45) is 5.58. The van der Waals surface area contributed by atoms with Gasteiger partial charge in [0.05, 0.1) is 13.2 Å². The van der Waals surface area contributed by atoms with E-state index in [2.05, 4.69) is 10.3 Å². The molecule has 0 spiro atoms. The molecule has 3 rings (SSSR count). The summed E-state index contributed by atoms with van der Waals surface area (Å²) in [6, 6.07) is 4.79. The second-order valence-corrected chi connectivity index (χ2v) is 4.76. The molecule has 0 amide bonds. The molecule has 1 N–H and O–H groups in total. The maximum Gasteiger partial charge on any atom is 0.213 e. The molecule has 1 saturated heterocycles. The molecule has 0 bridgehead atoms. The lowest BCUT2D eigenvalue weighted by Gasteiger charge is -2.11. The van der Waals surface area contributed by atoms with Gasteiger partial charge in [-0.05, 0) is 24.5 Å². The summed E-state index contributed by atoms with van der Waals surface area (Å²) in [5, 5.41) is 3.49. The number of nitrogens with one attached hydrogen (secondary N) is 1. The van der Waals surface area contributed by atoms with Gasteiger partial charge in [0.25, 0.3) is 0 Å². The van der Waals surface area contributed by atoms with Crippen LogP contribution < -0.4 is 10.1 Å². The van der Waals surface area contributed by atoms with Crippen LogP contribution in [0.15, 0.2) is 18.3 Å². The highest BCUT2D eigenvalue weighted by Crippen LogP contribution is 2.20. The van der Waals surface area contributed by atoms with Crippen molar-refractivity contribution >= 4 is 0 Å². The Morgan fingerprint density at radius 3 is 3.12 bits per heavy atom. The van der Waals surface area contributed by atoms with E-state index in [4.69, 9.17) is 9.47 Å². The fourth-order valence-electron chi connectivity index (χ4n) is 1.95. The Balaban J connectivity index is 1.56. The van der Waals surface area contributed by atoms with Gasteiger partial charge in [-0.25, -0.2) is 4.98 Å². The van der Waals surface area contributed by atoms with Gasteiger partial charge in [0.15, 0.2) is 0 Å². The zero-order valence-electron chi connectivity index (χ0n) is 9.89. The van der Waals surface area contributed by atoms with E-state index < -0.39 is 0 Å². The summed E-state index contributed by atoms with van der Waals surface area (Å²) in [6.45, 7) is 2.39. The lowest BCUT2D eigenvalue weighted by atomic mass is 10.2. The van der Waals surface area contributed by atoms with Crippen molar-refractivity contribution < 1.29 is 9.47 Å². The van der Waals surface area contributed by atoms with Gasteiger partial charge in [0, 0.05) is 31.3 Å². The van der Waals surface area contributed by atoms with Crippen LogP contribution in [0.3, 0.4) is 0 Å². The Labute approximate surface area is 101 Å². The summed E-state index contributed by atoms with van der Waals surface area (Å²) >= 11 is 0. The molecule has 1 aliphatic carbocycles. The molecular formula is C13H18N2O2. The summed E-state index contributed by atoms with van der Waals surface area (Å²) in [4.78, 5) is 4.24. The van der Waals surface area contributed by atoms with Crippen molar-refractivity contribution in [3.05, 3.63) is 23.9 Å². The lowest BCUT2D eigenvalue weighted by molar-refractivity contribution is 0.138. The Hall–Kier alpha value is -1.13. The van der Waals surface area contributed by atoms with Crippen molar-refractivity contribution in [3.63, 3.8) is 0 Å². The van der Waals surface area contributed by atoms with Crippen molar-refractivity contribution in [2.45, 2.75) is 38.0 Å². The van der Waals surface area contributed by atoms with E-state index in [-0.39, 0.29) is 6.10 Å². The molecule has 4 heteroatoms. The molecule has 1 aromatic rings. The first-order valence-electron chi connectivity index (χ1n) is 6.33. The molecule has 2 fully saturated rings. The molecule has 1 saturated carbocycles. The molecule has 17 heavy (non-hydrogen) atoms. The van der Waals surface area contributed by atoms with Crippen molar-refractivity contribution in [2.75, 3.05) is 13.2 Å². The fraction of sp³-hybridized carbons (Fsp3) is 0.615. The fourth-order valence-corrected chi connectivity index (χ4v) is 1.95. The van der Waals surface area contributed by atoms with Crippen LogP contribution in [-0.4, -0.2) is 30.3 Å². The second-order valence-electron chi connectivity index (χ2n) is 4.76. The van der Waals surface area contributed by atoms with Gasteiger partial charge >= 0.3 is 0 Å². The largest absolute Gasteiger partial charge is 0.472 e. The van der Waals surface area contributed by atoms with Crippen molar-refractivity contribution in [1.82, 2.24) is 10.3 Å². The molecule has 0 aromatic carbocycles. The summed E-state index contributed by atoms with van der Waals surface area (Å²) in [5.74, 6) is 0.718. The molecule has 1 aromatic heterocycles. The zero-order valence-corrected chi connectivity index (χ0v) is 9.89. The minimum Gasteiger partial charge on any atom is -0.472 e. The third-order valence-electron chi connectivity index (χ3n) is 3.15. The third kappa shape index (κ3) is 3.17. The van der Waals surface area contributed by atoms with Crippen molar-refractivity contribution in [3.8, 4) is 5.88 Å². The van der Waals surface area contributed by atoms with Gasteiger partial charge in [0.2, 0.25) is 5.88 Å². The van der Waals surface area contributed by atoms with Crippen molar-refractivity contribution in [1.29, 1.82) is 0 Å². The predicted octanol–water partition coefficient (Wildman–Crippen LogP) is 1.50. The van der Waals surface area contributed by atoms with Crippen LogP contribution in [0.5, 0.6) is 5.88 Å². The molecule has 4 nitrogen and oxygen atoms in total. The van der Waals surface area contributed by atoms with Crippen LogP contribution in [0.2, 0.25) is 0 Å². The van der Waals surface area contributed by atoms with Crippen LogP contribution in [0, 0.1) is 0 Å². The topological polar surface area (TPSA) is 43.4 Å². The number of ether oxygens (including phenoxy) is 2. The Morgan fingerprint density at radius 1 is 1.41 bits per heavy atom. The summed E-state index contributed by atoms with van der Waals surface area (Å²) in [5.41, 5.74) is 1.24. The number of hydrogen-bond acceptors (Lipinski definition) is 4. The number of rotatable bonds is 5. The first-order chi connectivity index (χ1) is 8.40. The van der Waals surface area contributed by atoms with Crippen LogP contribution in [0.25, 0.3) is 0 Å². The molecule has 0 radical (unpaired) electrons. The highest BCUT2D eigenvalue weighted by Gasteiger charge is 2.20. The van der Waals surface area contributed by atoms with E-state index >= 15 is 0 Å². The van der Waals surface area contributed by atoms with Crippen LogP contribution in [0.1, 0.15) is 24.8 Å². The average molecular weight is 234 g/mol. The molecule has 1 aliphatic heterocycles. The van der Waals surface area contributed by atoms with Gasteiger partial charge in [0.1, 0.15) is 6.10 Å². The Bertz CT molecular complexity index is 373. The smallest absolute Gasteiger partial charge is 0.213 e. The molecule has 1 unspecified atom stereocenters. The third-order valence-corrected chi connectivity index (χ3v) is 3.15. The standard InChI is InChI=1S/C13H18N2O2/c1-2-11(1)15-8-10-3-5-14-13(7-10)17-12-4-6-16-9-12/h3,5,7,11-12,15H,1-2,4,6,8-9H2. The van der Waals surface area contributed by atoms with E-state index in [9.17, 15) is 0 Å². The number of aromatic nitrogens is 1. The predicted molar refractivity (Wildman–Crippen MR) is 64.0 cm³/mol. The SMILES string of the molecule is c1cc(CNC2CC2)cc(OC2CCOC2)n1. The van der Waals surface area contributed by atoms with Gasteiger partial charge in [-0.3, -0.25) is 0 Å².